The Bertz CT molecular complexity index is 261. The summed E-state index contributed by atoms with van der Waals surface area (Å²) in [6.07, 6.45) is 0. The van der Waals surface area contributed by atoms with Gasteiger partial charge in [-0.2, -0.15) is 4.98 Å². The summed E-state index contributed by atoms with van der Waals surface area (Å²) in [7, 11) is 3.81. The maximum Gasteiger partial charge on any atom is 0.245 e. The van der Waals surface area contributed by atoms with Gasteiger partial charge >= 0.3 is 0 Å². The lowest BCUT2D eigenvalue weighted by molar-refractivity contribution is 0.236. The number of nitrogens with two attached hydrogens (primary N) is 1. The fourth-order valence-electron chi connectivity index (χ4n) is 0.843. The molecule has 0 aliphatic rings. The molecule has 3 N–H and O–H groups in total. The molecule has 1 aromatic heterocycles. The number of aromatic nitrogens is 2. The number of rotatable bonds is 4. The van der Waals surface area contributed by atoms with Crippen LogP contribution in [-0.2, 0) is 6.54 Å². The number of aliphatic hydroxyl groups excluding tert-OH is 1. The van der Waals surface area contributed by atoms with Gasteiger partial charge < -0.3 is 20.3 Å². The van der Waals surface area contributed by atoms with Crippen LogP contribution in [0.4, 0.5) is 0 Å². The third-order valence-corrected chi connectivity index (χ3v) is 1.46. The minimum atomic E-state index is -0.580. The van der Waals surface area contributed by atoms with Crippen LogP contribution in [0.25, 0.3) is 0 Å². The van der Waals surface area contributed by atoms with Crippen molar-refractivity contribution >= 4 is 0 Å². The van der Waals surface area contributed by atoms with E-state index in [4.69, 9.17) is 15.4 Å². The van der Waals surface area contributed by atoms with Crippen molar-refractivity contribution in [2.75, 3.05) is 20.7 Å². The van der Waals surface area contributed by atoms with E-state index in [-0.39, 0.29) is 12.5 Å². The Morgan fingerprint density at radius 3 is 2.85 bits per heavy atom. The average Bonchev–Trinajstić information content (AvgIpc) is 2.50. The fourth-order valence-corrected chi connectivity index (χ4v) is 0.843. The smallest absolute Gasteiger partial charge is 0.245 e. The topological polar surface area (TPSA) is 88.4 Å². The van der Waals surface area contributed by atoms with Crippen LogP contribution in [0.1, 0.15) is 17.8 Å². The summed E-state index contributed by atoms with van der Waals surface area (Å²) in [6, 6.07) is -0.580. The molecule has 1 heterocycles. The Hall–Kier alpha value is -0.980. The van der Waals surface area contributed by atoms with E-state index in [9.17, 15) is 0 Å². The van der Waals surface area contributed by atoms with E-state index in [1.165, 1.54) is 0 Å². The fraction of sp³-hybridized carbons (Fsp3) is 0.714. The summed E-state index contributed by atoms with van der Waals surface area (Å²) in [4.78, 5) is 5.93. The van der Waals surface area contributed by atoms with Gasteiger partial charge in [0.25, 0.3) is 0 Å². The molecule has 0 bridgehead atoms. The Balaban J connectivity index is 2.63. The first-order chi connectivity index (χ1) is 6.13. The quantitative estimate of drug-likeness (QED) is 0.635. The normalized spacial score (nSPS) is 13.6. The first-order valence-corrected chi connectivity index (χ1v) is 3.97. The van der Waals surface area contributed by atoms with Gasteiger partial charge in [-0.25, -0.2) is 0 Å². The van der Waals surface area contributed by atoms with Gasteiger partial charge in [-0.05, 0) is 14.1 Å². The van der Waals surface area contributed by atoms with Crippen molar-refractivity contribution in [1.29, 1.82) is 0 Å². The molecule has 0 amide bonds. The van der Waals surface area contributed by atoms with Crippen molar-refractivity contribution in [2.24, 2.45) is 5.73 Å². The zero-order valence-corrected chi connectivity index (χ0v) is 7.77. The lowest BCUT2D eigenvalue weighted by Gasteiger charge is -2.03. The highest BCUT2D eigenvalue weighted by atomic mass is 16.5. The first kappa shape index (κ1) is 10.1. The zero-order chi connectivity index (χ0) is 9.84. The van der Waals surface area contributed by atoms with Crippen molar-refractivity contribution in [3.8, 4) is 0 Å². The molecule has 13 heavy (non-hydrogen) atoms. The Kier molecular flexibility index (Phi) is 3.35. The summed E-state index contributed by atoms with van der Waals surface area (Å²) in [5.41, 5.74) is 5.48. The van der Waals surface area contributed by atoms with Crippen LogP contribution in [0, 0.1) is 0 Å². The highest BCUT2D eigenvalue weighted by Crippen LogP contribution is 2.06. The molecule has 0 aliphatic carbocycles. The van der Waals surface area contributed by atoms with E-state index in [0.717, 1.165) is 0 Å². The van der Waals surface area contributed by atoms with Crippen LogP contribution in [0.15, 0.2) is 4.52 Å². The molecule has 1 rings (SSSR count). The standard InChI is InChI=1S/C7H14N4O2/c1-11(2)3-6-9-7(13-10-6)5(8)4-12/h5,12H,3-4,8H2,1-2H3/t5-/m1/s1. The zero-order valence-electron chi connectivity index (χ0n) is 7.77. The largest absolute Gasteiger partial charge is 0.394 e. The molecular formula is C7H14N4O2. The van der Waals surface area contributed by atoms with E-state index in [0.29, 0.717) is 12.4 Å². The lowest BCUT2D eigenvalue weighted by Crippen LogP contribution is -2.15. The van der Waals surface area contributed by atoms with Crippen LogP contribution in [-0.4, -0.2) is 40.8 Å². The molecule has 6 heteroatoms. The molecular weight excluding hydrogens is 172 g/mol. The van der Waals surface area contributed by atoms with Gasteiger partial charge in [-0.15, -0.1) is 0 Å². The molecule has 0 fully saturated rings. The Morgan fingerprint density at radius 1 is 1.62 bits per heavy atom. The third kappa shape index (κ3) is 2.76. The number of nitrogens with zero attached hydrogens (tertiary/aromatic N) is 3. The van der Waals surface area contributed by atoms with E-state index >= 15 is 0 Å². The average molecular weight is 186 g/mol. The van der Waals surface area contributed by atoms with Crippen LogP contribution in [0.3, 0.4) is 0 Å². The van der Waals surface area contributed by atoms with Crippen molar-refractivity contribution in [3.05, 3.63) is 11.7 Å². The second-order valence-corrected chi connectivity index (χ2v) is 3.08. The lowest BCUT2D eigenvalue weighted by atomic mass is 10.3. The van der Waals surface area contributed by atoms with E-state index < -0.39 is 6.04 Å². The molecule has 0 radical (unpaired) electrons. The van der Waals surface area contributed by atoms with Crippen molar-refractivity contribution < 1.29 is 9.63 Å². The summed E-state index contributed by atoms with van der Waals surface area (Å²) in [6.45, 7) is 0.408. The van der Waals surface area contributed by atoms with Gasteiger partial charge in [0.15, 0.2) is 5.82 Å². The van der Waals surface area contributed by atoms with Crippen LogP contribution in [0.2, 0.25) is 0 Å². The summed E-state index contributed by atoms with van der Waals surface area (Å²) < 4.78 is 4.85. The van der Waals surface area contributed by atoms with Crippen molar-refractivity contribution in [3.63, 3.8) is 0 Å². The van der Waals surface area contributed by atoms with E-state index in [1.807, 2.05) is 19.0 Å². The molecule has 0 spiro atoms. The molecule has 0 aliphatic heterocycles. The third-order valence-electron chi connectivity index (χ3n) is 1.46. The van der Waals surface area contributed by atoms with Gasteiger partial charge in [0.2, 0.25) is 5.89 Å². The van der Waals surface area contributed by atoms with Crippen LogP contribution >= 0.6 is 0 Å². The van der Waals surface area contributed by atoms with Gasteiger partial charge in [0.05, 0.1) is 13.2 Å². The summed E-state index contributed by atoms with van der Waals surface area (Å²) in [5.74, 6) is 0.850. The minimum Gasteiger partial charge on any atom is -0.394 e. The molecule has 1 aromatic rings. The second kappa shape index (κ2) is 4.31. The van der Waals surface area contributed by atoms with Crippen molar-refractivity contribution in [2.45, 2.75) is 12.6 Å². The van der Waals surface area contributed by atoms with E-state index in [2.05, 4.69) is 10.1 Å². The number of hydrogen-bond donors (Lipinski definition) is 2. The first-order valence-electron chi connectivity index (χ1n) is 3.97. The van der Waals surface area contributed by atoms with Gasteiger partial charge in [0, 0.05) is 0 Å². The maximum absolute atomic E-state index is 8.72. The molecule has 74 valence electrons. The SMILES string of the molecule is CN(C)Cc1noc([C@H](N)CO)n1. The molecule has 1 atom stereocenters. The maximum atomic E-state index is 8.72. The highest BCUT2D eigenvalue weighted by Gasteiger charge is 2.13. The monoisotopic (exact) mass is 186 g/mol. The number of aliphatic hydroxyl groups is 1. The molecule has 6 nitrogen and oxygen atoms in total. The predicted molar refractivity (Wildman–Crippen MR) is 45.7 cm³/mol. The highest BCUT2D eigenvalue weighted by molar-refractivity contribution is 4.91. The van der Waals surface area contributed by atoms with Gasteiger partial charge in [-0.1, -0.05) is 5.16 Å². The molecule has 0 unspecified atom stereocenters. The van der Waals surface area contributed by atoms with E-state index in [1.54, 1.807) is 0 Å². The summed E-state index contributed by atoms with van der Waals surface area (Å²) in [5, 5.41) is 12.4. The Labute approximate surface area is 76.3 Å². The Morgan fingerprint density at radius 2 is 2.31 bits per heavy atom. The predicted octanol–water partition coefficient (Wildman–Crippen LogP) is -0.877. The van der Waals surface area contributed by atoms with Gasteiger partial charge in [0.1, 0.15) is 6.04 Å². The second-order valence-electron chi connectivity index (χ2n) is 3.08. The summed E-state index contributed by atoms with van der Waals surface area (Å²) >= 11 is 0. The molecule has 0 saturated carbocycles. The number of hydrogen-bond acceptors (Lipinski definition) is 6. The van der Waals surface area contributed by atoms with Gasteiger partial charge in [-0.3, -0.25) is 0 Å². The molecule has 0 saturated heterocycles. The van der Waals surface area contributed by atoms with Crippen LogP contribution in [0.5, 0.6) is 0 Å². The minimum absolute atomic E-state index is 0.191. The van der Waals surface area contributed by atoms with Crippen LogP contribution < -0.4 is 5.73 Å². The van der Waals surface area contributed by atoms with Crippen molar-refractivity contribution in [1.82, 2.24) is 15.0 Å². The molecule has 0 aromatic carbocycles.